The molecule has 94 valence electrons. The summed E-state index contributed by atoms with van der Waals surface area (Å²) in [7, 11) is 0. The second kappa shape index (κ2) is 6.65. The highest BCUT2D eigenvalue weighted by atomic mass is 35.5. The topological polar surface area (TPSA) is 29.1 Å². The molecule has 1 N–H and O–H groups in total. The lowest BCUT2D eigenvalue weighted by atomic mass is 10.1. The molecule has 2 atom stereocenters. The van der Waals surface area contributed by atoms with Crippen LogP contribution < -0.4 is 5.32 Å². The molecule has 1 amide bonds. The first-order chi connectivity index (χ1) is 7.97. The summed E-state index contributed by atoms with van der Waals surface area (Å²) in [5.74, 6) is 0.0559. The minimum Gasteiger partial charge on any atom is -0.353 e. The first kappa shape index (κ1) is 14.0. The Bertz CT molecular complexity index is 376. The Morgan fingerprint density at radius 3 is 2.71 bits per heavy atom. The fourth-order valence-electron chi connectivity index (χ4n) is 1.88. The number of carbonyl (C=O) groups excluding carboxylic acids is 1. The summed E-state index contributed by atoms with van der Waals surface area (Å²) < 4.78 is 0. The van der Waals surface area contributed by atoms with Crippen LogP contribution >= 0.6 is 11.6 Å². The van der Waals surface area contributed by atoms with Crippen molar-refractivity contribution in [3.63, 3.8) is 0 Å². The van der Waals surface area contributed by atoms with E-state index in [-0.39, 0.29) is 17.3 Å². The Morgan fingerprint density at radius 2 is 2.12 bits per heavy atom. The molecule has 0 heterocycles. The third-order valence-corrected chi connectivity index (χ3v) is 2.71. The number of benzene rings is 1. The van der Waals surface area contributed by atoms with Gasteiger partial charge in [0.05, 0.1) is 6.42 Å². The Balaban J connectivity index is 2.44. The number of amides is 1. The van der Waals surface area contributed by atoms with E-state index in [9.17, 15) is 4.79 Å². The van der Waals surface area contributed by atoms with Crippen molar-refractivity contribution >= 4 is 17.5 Å². The summed E-state index contributed by atoms with van der Waals surface area (Å²) >= 11 is 5.89. The van der Waals surface area contributed by atoms with Gasteiger partial charge in [-0.05, 0) is 32.8 Å². The number of aryl methyl sites for hydroxylation is 1. The molecule has 0 saturated carbocycles. The predicted octanol–water partition coefficient (Wildman–Crippen LogP) is 3.06. The predicted molar refractivity (Wildman–Crippen MR) is 72.4 cm³/mol. The van der Waals surface area contributed by atoms with Gasteiger partial charge in [0.25, 0.3) is 0 Å². The van der Waals surface area contributed by atoms with E-state index in [1.807, 2.05) is 45.0 Å². The molecule has 0 aliphatic rings. The van der Waals surface area contributed by atoms with E-state index in [0.717, 1.165) is 12.0 Å². The van der Waals surface area contributed by atoms with E-state index < -0.39 is 0 Å². The highest BCUT2D eigenvalue weighted by Gasteiger charge is 2.10. The highest BCUT2D eigenvalue weighted by molar-refractivity contribution is 6.20. The van der Waals surface area contributed by atoms with Gasteiger partial charge in [0.15, 0.2) is 0 Å². The molecule has 0 radical (unpaired) electrons. The van der Waals surface area contributed by atoms with Crippen molar-refractivity contribution in [2.75, 3.05) is 0 Å². The van der Waals surface area contributed by atoms with Crippen LogP contribution in [0.15, 0.2) is 24.3 Å². The SMILES string of the molecule is Cc1cccc(CC(=O)NC(C)CC(C)Cl)c1. The van der Waals surface area contributed by atoms with Gasteiger partial charge in [-0.15, -0.1) is 11.6 Å². The van der Waals surface area contributed by atoms with Crippen molar-refractivity contribution in [2.24, 2.45) is 0 Å². The molecule has 0 saturated heterocycles. The lowest BCUT2D eigenvalue weighted by Crippen LogP contribution is -2.34. The van der Waals surface area contributed by atoms with Crippen LogP contribution in [0, 0.1) is 6.92 Å². The Morgan fingerprint density at radius 1 is 1.41 bits per heavy atom. The molecule has 3 heteroatoms. The number of nitrogens with one attached hydrogen (secondary N) is 1. The standard InChI is InChI=1S/C14H20ClNO/c1-10-5-4-6-13(7-10)9-14(17)16-12(3)8-11(2)15/h4-7,11-12H,8-9H2,1-3H3,(H,16,17). The van der Waals surface area contributed by atoms with E-state index in [1.165, 1.54) is 5.56 Å². The number of hydrogen-bond donors (Lipinski definition) is 1. The molecule has 0 fully saturated rings. The zero-order valence-corrected chi connectivity index (χ0v) is 11.4. The Labute approximate surface area is 108 Å². The largest absolute Gasteiger partial charge is 0.353 e. The molecule has 0 aliphatic carbocycles. The minimum atomic E-state index is 0.0559. The van der Waals surface area contributed by atoms with Crippen LogP contribution in [0.3, 0.4) is 0 Å². The zero-order chi connectivity index (χ0) is 12.8. The van der Waals surface area contributed by atoms with E-state index in [0.29, 0.717) is 6.42 Å². The summed E-state index contributed by atoms with van der Waals surface area (Å²) in [5, 5.41) is 3.04. The number of halogens is 1. The maximum atomic E-state index is 11.8. The first-order valence-electron chi connectivity index (χ1n) is 5.96. The molecule has 1 aromatic carbocycles. The van der Waals surface area contributed by atoms with Crippen molar-refractivity contribution in [1.82, 2.24) is 5.32 Å². The zero-order valence-electron chi connectivity index (χ0n) is 10.7. The minimum absolute atomic E-state index is 0.0559. The monoisotopic (exact) mass is 253 g/mol. The number of rotatable bonds is 5. The van der Waals surface area contributed by atoms with E-state index in [2.05, 4.69) is 5.32 Å². The van der Waals surface area contributed by atoms with Crippen LogP contribution in [0.2, 0.25) is 0 Å². The molecular formula is C14H20ClNO. The van der Waals surface area contributed by atoms with E-state index >= 15 is 0 Å². The van der Waals surface area contributed by atoms with Crippen molar-refractivity contribution in [3.8, 4) is 0 Å². The molecule has 2 unspecified atom stereocenters. The maximum Gasteiger partial charge on any atom is 0.224 e. The van der Waals surface area contributed by atoms with Gasteiger partial charge in [-0.2, -0.15) is 0 Å². The summed E-state index contributed by atoms with van der Waals surface area (Å²) in [4.78, 5) is 11.8. The maximum absolute atomic E-state index is 11.8. The molecule has 0 bridgehead atoms. The van der Waals surface area contributed by atoms with Gasteiger partial charge in [0.2, 0.25) is 5.91 Å². The van der Waals surface area contributed by atoms with Crippen molar-refractivity contribution < 1.29 is 4.79 Å². The lowest BCUT2D eigenvalue weighted by Gasteiger charge is -2.15. The van der Waals surface area contributed by atoms with Crippen LogP contribution in [-0.2, 0) is 11.2 Å². The molecule has 17 heavy (non-hydrogen) atoms. The van der Waals surface area contributed by atoms with Crippen molar-refractivity contribution in [2.45, 2.75) is 45.0 Å². The van der Waals surface area contributed by atoms with Gasteiger partial charge in [-0.3, -0.25) is 4.79 Å². The van der Waals surface area contributed by atoms with Gasteiger partial charge < -0.3 is 5.32 Å². The Kier molecular flexibility index (Phi) is 5.49. The summed E-state index contributed by atoms with van der Waals surface area (Å²) in [6, 6.07) is 8.14. The molecule has 0 spiro atoms. The molecule has 0 aliphatic heterocycles. The van der Waals surface area contributed by atoms with Crippen LogP contribution in [0.1, 0.15) is 31.4 Å². The van der Waals surface area contributed by atoms with Crippen molar-refractivity contribution in [1.29, 1.82) is 0 Å². The second-order valence-electron chi connectivity index (χ2n) is 4.65. The normalized spacial score (nSPS) is 14.1. The average Bonchev–Trinajstić information content (AvgIpc) is 2.14. The molecule has 1 aromatic rings. The lowest BCUT2D eigenvalue weighted by molar-refractivity contribution is -0.121. The third kappa shape index (κ3) is 5.73. The Hall–Kier alpha value is -1.02. The van der Waals surface area contributed by atoms with Gasteiger partial charge in [-0.25, -0.2) is 0 Å². The smallest absolute Gasteiger partial charge is 0.224 e. The van der Waals surface area contributed by atoms with E-state index in [1.54, 1.807) is 0 Å². The van der Waals surface area contributed by atoms with Gasteiger partial charge in [0.1, 0.15) is 0 Å². The fraction of sp³-hybridized carbons (Fsp3) is 0.500. The molecular weight excluding hydrogens is 234 g/mol. The second-order valence-corrected chi connectivity index (χ2v) is 5.40. The van der Waals surface area contributed by atoms with Crippen LogP contribution in [0.5, 0.6) is 0 Å². The van der Waals surface area contributed by atoms with Gasteiger partial charge in [-0.1, -0.05) is 29.8 Å². The van der Waals surface area contributed by atoms with Crippen LogP contribution in [0.4, 0.5) is 0 Å². The van der Waals surface area contributed by atoms with Crippen LogP contribution in [-0.4, -0.2) is 17.3 Å². The fourth-order valence-corrected chi connectivity index (χ4v) is 2.15. The van der Waals surface area contributed by atoms with E-state index in [4.69, 9.17) is 11.6 Å². The number of hydrogen-bond acceptors (Lipinski definition) is 1. The number of carbonyl (C=O) groups is 1. The summed E-state index contributed by atoms with van der Waals surface area (Å²) in [6.45, 7) is 5.94. The highest BCUT2D eigenvalue weighted by Crippen LogP contribution is 2.06. The third-order valence-electron chi connectivity index (χ3n) is 2.53. The summed E-state index contributed by atoms with van der Waals surface area (Å²) in [5.41, 5.74) is 2.23. The van der Waals surface area contributed by atoms with Gasteiger partial charge >= 0.3 is 0 Å². The molecule has 2 nitrogen and oxygen atoms in total. The molecule has 1 rings (SSSR count). The summed E-state index contributed by atoms with van der Waals surface area (Å²) in [6.07, 6.45) is 1.23. The number of alkyl halides is 1. The average molecular weight is 254 g/mol. The van der Waals surface area contributed by atoms with Crippen molar-refractivity contribution in [3.05, 3.63) is 35.4 Å². The first-order valence-corrected chi connectivity index (χ1v) is 6.40. The van der Waals surface area contributed by atoms with Gasteiger partial charge in [0, 0.05) is 11.4 Å². The quantitative estimate of drug-likeness (QED) is 0.803. The molecule has 0 aromatic heterocycles. The van der Waals surface area contributed by atoms with Crippen LogP contribution in [0.25, 0.3) is 0 Å².